The summed E-state index contributed by atoms with van der Waals surface area (Å²) >= 11 is 0. The number of aryl methyl sites for hydroxylation is 1. The number of pyridine rings is 1. The third kappa shape index (κ3) is 5.81. The number of hydrogen-bond donors (Lipinski definition) is 0. The van der Waals surface area contributed by atoms with E-state index >= 15 is 0 Å². The molecule has 4 heterocycles. The first-order valence-electron chi connectivity index (χ1n) is 16.3. The van der Waals surface area contributed by atoms with Crippen LogP contribution < -0.4 is 0 Å². The van der Waals surface area contributed by atoms with Crippen molar-refractivity contribution < 1.29 is 33.1 Å². The Morgan fingerprint density at radius 2 is 1.60 bits per heavy atom. The second kappa shape index (κ2) is 13.1. The first kappa shape index (κ1) is 26.6. The Bertz CT molecular complexity index is 2520. The van der Waals surface area contributed by atoms with Crippen LogP contribution in [0, 0.1) is 19.0 Å². The summed E-state index contributed by atoms with van der Waals surface area (Å²) in [6.07, 6.45) is 3.08. The maximum absolute atomic E-state index is 7.23. The minimum absolute atomic E-state index is 0. The Labute approximate surface area is 289 Å². The number of benzene rings is 5. The van der Waals surface area contributed by atoms with Gasteiger partial charge in [-0.25, -0.2) is 0 Å². The van der Waals surface area contributed by atoms with E-state index in [0.29, 0.717) is 0 Å². The number of furan rings is 2. The minimum atomic E-state index is -2.09. The van der Waals surface area contributed by atoms with Crippen molar-refractivity contribution >= 4 is 33.0 Å². The van der Waals surface area contributed by atoms with Crippen molar-refractivity contribution in [2.45, 2.75) is 6.85 Å². The molecule has 0 aliphatic rings. The summed E-state index contributed by atoms with van der Waals surface area (Å²) < 4.78 is 35.7. The fourth-order valence-corrected chi connectivity index (χ4v) is 5.64. The van der Waals surface area contributed by atoms with Gasteiger partial charge in [-0.2, -0.15) is 0 Å². The smallest absolute Gasteiger partial charge is 0.133 e. The van der Waals surface area contributed by atoms with Gasteiger partial charge in [-0.3, -0.25) is 4.98 Å². The van der Waals surface area contributed by atoms with Crippen LogP contribution in [0.4, 0.5) is 0 Å². The van der Waals surface area contributed by atoms with Gasteiger partial charge in [0.1, 0.15) is 11.3 Å². The maximum atomic E-state index is 7.23. The Morgan fingerprint density at radius 1 is 0.745 bits per heavy atom. The Morgan fingerprint density at radius 3 is 2.38 bits per heavy atom. The van der Waals surface area contributed by atoms with Crippen LogP contribution >= 0.6 is 0 Å². The van der Waals surface area contributed by atoms with Crippen LogP contribution in [0.5, 0.6) is 0 Å². The van der Waals surface area contributed by atoms with Crippen molar-refractivity contribution in [3.63, 3.8) is 0 Å². The van der Waals surface area contributed by atoms with Gasteiger partial charge in [-0.05, 0) is 72.7 Å². The molecule has 0 aliphatic carbocycles. The summed E-state index contributed by atoms with van der Waals surface area (Å²) in [6.45, 7) is -2.09. The number of aromatic nitrogens is 3. The average Bonchev–Trinajstić information content (AvgIpc) is 3.90. The molecule has 0 aliphatic heterocycles. The van der Waals surface area contributed by atoms with Crippen LogP contribution in [-0.4, -0.2) is 14.5 Å². The molecule has 5 nitrogen and oxygen atoms in total. The van der Waals surface area contributed by atoms with Crippen molar-refractivity contribution in [2.24, 2.45) is 0 Å². The minimum Gasteiger partial charge on any atom is -0.501 e. The van der Waals surface area contributed by atoms with E-state index in [4.69, 9.17) is 17.9 Å². The summed E-state index contributed by atoms with van der Waals surface area (Å²) in [5, 5.41) is 2.15. The molecule has 0 atom stereocenters. The summed E-state index contributed by atoms with van der Waals surface area (Å²) in [5.74, 6) is 1.64. The van der Waals surface area contributed by atoms with Crippen LogP contribution in [0.25, 0.3) is 72.6 Å². The van der Waals surface area contributed by atoms with Gasteiger partial charge < -0.3 is 18.4 Å². The number of imidazole rings is 1. The number of para-hydroxylation sites is 3. The van der Waals surface area contributed by atoms with Gasteiger partial charge in [0.15, 0.2) is 0 Å². The van der Waals surface area contributed by atoms with Gasteiger partial charge >= 0.3 is 0 Å². The zero-order valence-corrected chi connectivity index (χ0v) is 27.2. The first-order chi connectivity index (χ1) is 23.9. The SMILES string of the molecule is [2H]C([2H])([2H])c1ccc(-c2[c-]cccc2)nc1.[Ir].[c-]1ccc2c(oc3ccccc32)c1-c1nc2ccccc2n1-c1ccc(-c2ccco2)cc1. The molecule has 9 aromatic rings. The van der Waals surface area contributed by atoms with Crippen molar-refractivity contribution in [3.05, 3.63) is 164 Å². The van der Waals surface area contributed by atoms with Crippen molar-refractivity contribution in [1.29, 1.82) is 0 Å². The largest absolute Gasteiger partial charge is 0.501 e. The Hall–Kier alpha value is -5.55. The fraction of sp³-hybridized carbons (Fsp3) is 0.0244. The van der Waals surface area contributed by atoms with Crippen LogP contribution in [-0.2, 0) is 20.1 Å². The van der Waals surface area contributed by atoms with Gasteiger partial charge in [0.2, 0.25) is 0 Å². The van der Waals surface area contributed by atoms with Crippen LogP contribution in [0.15, 0.2) is 155 Å². The number of hydrogen-bond acceptors (Lipinski definition) is 4. The topological polar surface area (TPSA) is 57.0 Å². The molecule has 9 rings (SSSR count). The molecule has 229 valence electrons. The molecule has 0 saturated heterocycles. The molecule has 0 bridgehead atoms. The molecule has 6 heteroatoms. The second-order valence-electron chi connectivity index (χ2n) is 10.7. The quantitative estimate of drug-likeness (QED) is 0.167. The predicted molar refractivity (Wildman–Crippen MR) is 184 cm³/mol. The summed E-state index contributed by atoms with van der Waals surface area (Å²) in [5.41, 5.74) is 8.33. The number of rotatable bonds is 4. The molecule has 0 amide bonds. The molecule has 0 unspecified atom stereocenters. The van der Waals surface area contributed by atoms with Crippen molar-refractivity contribution in [1.82, 2.24) is 14.5 Å². The third-order valence-corrected chi connectivity index (χ3v) is 7.80. The van der Waals surface area contributed by atoms with Gasteiger partial charge in [0.05, 0.1) is 28.7 Å². The van der Waals surface area contributed by atoms with Crippen molar-refractivity contribution in [3.8, 4) is 39.7 Å². The summed E-state index contributed by atoms with van der Waals surface area (Å²) in [6, 6.07) is 49.6. The number of fused-ring (bicyclic) bond motifs is 4. The maximum Gasteiger partial charge on any atom is 0.133 e. The van der Waals surface area contributed by atoms with Crippen molar-refractivity contribution in [2.75, 3.05) is 0 Å². The molecule has 1 radical (unpaired) electrons. The Kier molecular flexibility index (Phi) is 7.40. The first-order valence-corrected chi connectivity index (χ1v) is 14.8. The molecule has 0 spiro atoms. The van der Waals surface area contributed by atoms with Crippen LogP contribution in [0.1, 0.15) is 9.68 Å². The predicted octanol–water partition coefficient (Wildman–Crippen LogP) is 10.5. The van der Waals surface area contributed by atoms with E-state index < -0.39 is 6.85 Å². The normalized spacial score (nSPS) is 12.1. The van der Waals surface area contributed by atoms with E-state index in [2.05, 4.69) is 64.1 Å². The van der Waals surface area contributed by atoms with Gasteiger partial charge in [0.25, 0.3) is 0 Å². The number of nitrogens with zero attached hydrogens (tertiary/aromatic N) is 3. The van der Waals surface area contributed by atoms with Gasteiger partial charge in [-0.1, -0.05) is 53.4 Å². The molecular formula is C41H27IrN3O2-2. The molecule has 5 aromatic carbocycles. The molecule has 4 aromatic heterocycles. The van der Waals surface area contributed by atoms with E-state index in [1.54, 1.807) is 24.5 Å². The van der Waals surface area contributed by atoms with E-state index in [0.717, 1.165) is 72.6 Å². The zero-order chi connectivity index (χ0) is 33.4. The van der Waals surface area contributed by atoms with E-state index in [1.807, 2.05) is 72.8 Å². The second-order valence-corrected chi connectivity index (χ2v) is 10.7. The Balaban J connectivity index is 0.000000196. The standard InChI is InChI=1S/C29H17N2O2.C12H10N.Ir/c1-4-12-27-21(7-1)22-8-5-9-23(28(22)33-27)29-30-24-10-2-3-11-25(24)31(29)20-16-14-19(15-17-20)26-13-6-18-32-26;1-10-7-8-12(13-9-10)11-5-3-2-4-6-11;/h1-8,10-18H;2-5,7-9H,1H3;/q2*-1;/i;1D3;. The molecule has 47 heavy (non-hydrogen) atoms. The molecular weight excluding hydrogens is 759 g/mol. The fourth-order valence-electron chi connectivity index (χ4n) is 5.64. The summed E-state index contributed by atoms with van der Waals surface area (Å²) in [4.78, 5) is 9.13. The molecule has 0 fully saturated rings. The van der Waals surface area contributed by atoms with Crippen LogP contribution in [0.3, 0.4) is 0 Å². The monoisotopic (exact) mass is 789 g/mol. The van der Waals surface area contributed by atoms with E-state index in [-0.39, 0.29) is 25.7 Å². The third-order valence-electron chi connectivity index (χ3n) is 7.80. The zero-order valence-electron chi connectivity index (χ0n) is 27.8. The van der Waals surface area contributed by atoms with E-state index in [1.165, 1.54) is 6.20 Å². The average molecular weight is 789 g/mol. The van der Waals surface area contributed by atoms with Crippen LogP contribution in [0.2, 0.25) is 0 Å². The van der Waals surface area contributed by atoms with Gasteiger partial charge in [0, 0.05) is 47.1 Å². The van der Waals surface area contributed by atoms with E-state index in [9.17, 15) is 0 Å². The van der Waals surface area contributed by atoms with Gasteiger partial charge in [-0.15, -0.1) is 54.1 Å². The summed E-state index contributed by atoms with van der Waals surface area (Å²) in [7, 11) is 0. The molecule has 0 N–H and O–H groups in total. The molecule has 0 saturated carbocycles.